The van der Waals surface area contributed by atoms with Gasteiger partial charge in [0.1, 0.15) is 0 Å². The molecule has 1 aliphatic heterocycles. The third-order valence-electron chi connectivity index (χ3n) is 4.33. The molecule has 0 spiro atoms. The minimum absolute atomic E-state index is 0.149. The number of hydrogen-bond acceptors (Lipinski definition) is 2. The van der Waals surface area contributed by atoms with E-state index in [0.29, 0.717) is 13.2 Å². The summed E-state index contributed by atoms with van der Waals surface area (Å²) in [7, 11) is 0. The van der Waals surface area contributed by atoms with Crippen LogP contribution in [-0.4, -0.2) is 13.2 Å². The molecule has 0 aromatic heterocycles. The molecule has 2 rings (SSSR count). The van der Waals surface area contributed by atoms with Gasteiger partial charge in [-0.15, -0.1) is 0 Å². The van der Waals surface area contributed by atoms with E-state index in [0.717, 1.165) is 0 Å². The monoisotopic (exact) mass is 243 g/mol. The first-order valence-electron chi connectivity index (χ1n) is 6.41. The molecule has 0 aliphatic carbocycles. The van der Waals surface area contributed by atoms with Crippen molar-refractivity contribution in [3.8, 4) is 6.07 Å². The van der Waals surface area contributed by atoms with Gasteiger partial charge in [0.15, 0.2) is 0 Å². The van der Waals surface area contributed by atoms with Gasteiger partial charge in [-0.3, -0.25) is 0 Å². The van der Waals surface area contributed by atoms with Crippen LogP contribution in [0, 0.1) is 37.5 Å². The van der Waals surface area contributed by atoms with Gasteiger partial charge in [0, 0.05) is 0 Å². The van der Waals surface area contributed by atoms with Gasteiger partial charge in [-0.05, 0) is 51.3 Å². The summed E-state index contributed by atoms with van der Waals surface area (Å²) in [4.78, 5) is 0. The lowest BCUT2D eigenvalue weighted by molar-refractivity contribution is -0.103. The van der Waals surface area contributed by atoms with E-state index in [-0.39, 0.29) is 5.41 Å². The summed E-state index contributed by atoms with van der Waals surface area (Å²) in [5, 5.41) is 9.49. The van der Waals surface area contributed by atoms with Crippen LogP contribution in [-0.2, 0) is 10.2 Å². The zero-order valence-corrected chi connectivity index (χ0v) is 11.9. The third-order valence-corrected chi connectivity index (χ3v) is 4.33. The zero-order chi connectivity index (χ0) is 13.6. The van der Waals surface area contributed by atoms with Crippen molar-refractivity contribution < 1.29 is 4.74 Å². The maximum atomic E-state index is 9.49. The van der Waals surface area contributed by atoms with E-state index in [1.807, 2.05) is 13.8 Å². The highest BCUT2D eigenvalue weighted by molar-refractivity contribution is 5.46. The van der Waals surface area contributed by atoms with Crippen LogP contribution in [0.1, 0.15) is 36.1 Å². The molecule has 1 heterocycles. The summed E-state index contributed by atoms with van der Waals surface area (Å²) in [6.07, 6.45) is 0. The van der Waals surface area contributed by atoms with Crippen molar-refractivity contribution in [1.82, 2.24) is 0 Å². The van der Waals surface area contributed by atoms with Crippen molar-refractivity contribution in [3.05, 3.63) is 34.4 Å². The van der Waals surface area contributed by atoms with E-state index in [2.05, 4.69) is 39.0 Å². The van der Waals surface area contributed by atoms with Crippen LogP contribution < -0.4 is 0 Å². The summed E-state index contributed by atoms with van der Waals surface area (Å²) in [6.45, 7) is 11.7. The minimum atomic E-state index is -0.407. The highest BCUT2D eigenvalue weighted by atomic mass is 16.5. The van der Waals surface area contributed by atoms with Crippen LogP contribution in [0.2, 0.25) is 0 Å². The lowest BCUT2D eigenvalue weighted by Crippen LogP contribution is -2.57. The standard InChI is InChI=1S/C16H21NO/c1-11-6-12(2)14(13(3)7-11)16(9-18-10-16)15(4,5)8-17/h6-7H,9-10H2,1-5H3. The quantitative estimate of drug-likeness (QED) is 0.797. The number of aryl methyl sites for hydroxylation is 3. The fraction of sp³-hybridized carbons (Fsp3) is 0.562. The lowest BCUT2D eigenvalue weighted by atomic mass is 9.59. The summed E-state index contributed by atoms with van der Waals surface area (Å²) in [6, 6.07) is 6.88. The molecule has 1 aromatic carbocycles. The average Bonchev–Trinajstić information content (AvgIpc) is 2.19. The Hall–Kier alpha value is -1.33. The molecule has 1 fully saturated rings. The predicted octanol–water partition coefficient (Wildman–Crippen LogP) is 3.43. The molecular formula is C16H21NO. The van der Waals surface area contributed by atoms with Crippen LogP contribution in [0.3, 0.4) is 0 Å². The van der Waals surface area contributed by atoms with E-state index in [4.69, 9.17) is 4.74 Å². The lowest BCUT2D eigenvalue weighted by Gasteiger charge is -2.50. The van der Waals surface area contributed by atoms with Gasteiger partial charge in [0.25, 0.3) is 0 Å². The highest BCUT2D eigenvalue weighted by Gasteiger charge is 2.53. The predicted molar refractivity (Wildman–Crippen MR) is 72.5 cm³/mol. The Kier molecular flexibility index (Phi) is 2.99. The highest BCUT2D eigenvalue weighted by Crippen LogP contribution is 2.49. The second-order valence-corrected chi connectivity index (χ2v) is 6.09. The van der Waals surface area contributed by atoms with Gasteiger partial charge in [0.2, 0.25) is 0 Å². The average molecular weight is 243 g/mol. The Labute approximate surface area is 110 Å². The van der Waals surface area contributed by atoms with Crippen LogP contribution in [0.5, 0.6) is 0 Å². The third kappa shape index (κ3) is 1.66. The van der Waals surface area contributed by atoms with Crippen LogP contribution in [0.4, 0.5) is 0 Å². The van der Waals surface area contributed by atoms with Gasteiger partial charge in [-0.1, -0.05) is 17.7 Å². The second-order valence-electron chi connectivity index (χ2n) is 6.09. The van der Waals surface area contributed by atoms with E-state index >= 15 is 0 Å². The van der Waals surface area contributed by atoms with Crippen LogP contribution >= 0.6 is 0 Å². The molecule has 96 valence electrons. The first-order valence-corrected chi connectivity index (χ1v) is 6.41. The van der Waals surface area contributed by atoms with E-state index in [1.54, 1.807) is 0 Å². The molecule has 0 unspecified atom stereocenters. The Morgan fingerprint density at radius 1 is 1.17 bits per heavy atom. The summed E-state index contributed by atoms with van der Waals surface area (Å²) < 4.78 is 5.47. The molecule has 0 saturated carbocycles. The Morgan fingerprint density at radius 3 is 2.00 bits per heavy atom. The van der Waals surface area contributed by atoms with Crippen LogP contribution in [0.25, 0.3) is 0 Å². The number of rotatable bonds is 2. The largest absolute Gasteiger partial charge is 0.379 e. The number of benzene rings is 1. The maximum Gasteiger partial charge on any atom is 0.0695 e. The Bertz CT molecular complexity index is 495. The Morgan fingerprint density at radius 2 is 1.67 bits per heavy atom. The van der Waals surface area contributed by atoms with Gasteiger partial charge in [0.05, 0.1) is 30.1 Å². The molecular weight excluding hydrogens is 222 g/mol. The second kappa shape index (κ2) is 4.10. The van der Waals surface area contributed by atoms with E-state index in [9.17, 15) is 5.26 Å². The molecule has 0 radical (unpaired) electrons. The molecule has 0 atom stereocenters. The van der Waals surface area contributed by atoms with Crippen molar-refractivity contribution in [1.29, 1.82) is 5.26 Å². The first-order chi connectivity index (χ1) is 8.34. The molecule has 2 nitrogen and oxygen atoms in total. The summed E-state index contributed by atoms with van der Waals surface area (Å²) >= 11 is 0. The van der Waals surface area contributed by atoms with E-state index in [1.165, 1.54) is 22.3 Å². The molecule has 0 amide bonds. The molecule has 0 N–H and O–H groups in total. The van der Waals surface area contributed by atoms with Crippen molar-refractivity contribution >= 4 is 0 Å². The van der Waals surface area contributed by atoms with Crippen molar-refractivity contribution in [3.63, 3.8) is 0 Å². The topological polar surface area (TPSA) is 33.0 Å². The fourth-order valence-electron chi connectivity index (χ4n) is 3.17. The molecule has 18 heavy (non-hydrogen) atoms. The number of nitriles is 1. The molecule has 0 bridgehead atoms. The van der Waals surface area contributed by atoms with Crippen molar-refractivity contribution in [2.24, 2.45) is 5.41 Å². The van der Waals surface area contributed by atoms with E-state index < -0.39 is 5.41 Å². The van der Waals surface area contributed by atoms with Gasteiger partial charge >= 0.3 is 0 Å². The normalized spacial score (nSPS) is 18.0. The van der Waals surface area contributed by atoms with Crippen molar-refractivity contribution in [2.45, 2.75) is 40.0 Å². The minimum Gasteiger partial charge on any atom is -0.379 e. The number of hydrogen-bond donors (Lipinski definition) is 0. The summed E-state index contributed by atoms with van der Waals surface area (Å²) in [5.41, 5.74) is 4.59. The number of ether oxygens (including phenoxy) is 1. The van der Waals surface area contributed by atoms with Crippen molar-refractivity contribution in [2.75, 3.05) is 13.2 Å². The number of nitrogens with zero attached hydrogens (tertiary/aromatic N) is 1. The van der Waals surface area contributed by atoms with Gasteiger partial charge < -0.3 is 4.74 Å². The first kappa shape index (κ1) is 13.1. The Balaban J connectivity index is 2.64. The zero-order valence-electron chi connectivity index (χ0n) is 11.9. The molecule has 1 aromatic rings. The van der Waals surface area contributed by atoms with Crippen LogP contribution in [0.15, 0.2) is 12.1 Å². The fourth-order valence-corrected chi connectivity index (χ4v) is 3.17. The molecule has 1 saturated heterocycles. The SMILES string of the molecule is Cc1cc(C)c(C2(C(C)(C)C#N)COC2)c(C)c1. The molecule has 2 heteroatoms. The van der Waals surface area contributed by atoms with Gasteiger partial charge in [-0.2, -0.15) is 5.26 Å². The summed E-state index contributed by atoms with van der Waals surface area (Å²) in [5.74, 6) is 0. The molecule has 1 aliphatic rings. The van der Waals surface area contributed by atoms with Gasteiger partial charge in [-0.25, -0.2) is 0 Å². The smallest absolute Gasteiger partial charge is 0.0695 e. The maximum absolute atomic E-state index is 9.49.